The molecule has 2 heterocycles. The molecule has 0 N–H and O–H groups in total. The number of anilines is 1. The van der Waals surface area contributed by atoms with Crippen LogP contribution in [-0.4, -0.2) is 36.5 Å². The fourth-order valence-corrected chi connectivity index (χ4v) is 7.28. The fourth-order valence-electron chi connectivity index (χ4n) is 6.91. The first-order valence-corrected chi connectivity index (χ1v) is 13.9. The largest absolute Gasteiger partial charge is 0.497 e. The molecular weight excluding hydrogens is 566 g/mol. The standard InChI is InChI=1S/C34H24BrNO4/c1-40-24-15-11-20(12-16-24)29-30(31(37)21-7-3-2-4-8-21)36-27-17-14-23(35)19-22(27)13-18-28(36)34(29)32(38)25-9-5-6-10-26(25)33(34)39/h2-19,28-30H,1H3/t28-,29+,30-/m0/s1. The van der Waals surface area contributed by atoms with Crippen molar-refractivity contribution in [2.45, 2.75) is 18.0 Å². The van der Waals surface area contributed by atoms with Crippen molar-refractivity contribution in [2.75, 3.05) is 12.0 Å². The fraction of sp³-hybridized carbons (Fsp3) is 0.147. The van der Waals surface area contributed by atoms with Gasteiger partial charge in [0.05, 0.1) is 13.2 Å². The number of ether oxygens (including phenoxy) is 1. The van der Waals surface area contributed by atoms with Crippen molar-refractivity contribution in [1.29, 1.82) is 0 Å². The average molecular weight is 590 g/mol. The highest BCUT2D eigenvalue weighted by atomic mass is 79.9. The number of halogens is 1. The number of methoxy groups -OCH3 is 1. The number of Topliss-reactive ketones (excluding diaryl/α,β-unsaturated/α-hetero) is 3. The predicted octanol–water partition coefficient (Wildman–Crippen LogP) is 6.77. The van der Waals surface area contributed by atoms with E-state index in [1.807, 2.05) is 77.7 Å². The van der Waals surface area contributed by atoms with Crippen LogP contribution in [0.4, 0.5) is 5.69 Å². The summed E-state index contributed by atoms with van der Waals surface area (Å²) in [6, 6.07) is 28.0. The van der Waals surface area contributed by atoms with Crippen LogP contribution in [0.2, 0.25) is 0 Å². The third-order valence-electron chi connectivity index (χ3n) is 8.57. The molecule has 6 heteroatoms. The summed E-state index contributed by atoms with van der Waals surface area (Å²) < 4.78 is 6.31. The van der Waals surface area contributed by atoms with Gasteiger partial charge in [-0.3, -0.25) is 14.4 Å². The first kappa shape index (κ1) is 24.7. The smallest absolute Gasteiger partial charge is 0.185 e. The minimum atomic E-state index is -1.52. The number of hydrogen-bond donors (Lipinski definition) is 0. The lowest BCUT2D eigenvalue weighted by Gasteiger charge is -2.37. The minimum absolute atomic E-state index is 0.135. The van der Waals surface area contributed by atoms with Gasteiger partial charge in [0, 0.05) is 32.8 Å². The summed E-state index contributed by atoms with van der Waals surface area (Å²) in [6.07, 6.45) is 3.90. The number of carbonyl (C=O) groups is 3. The molecule has 40 heavy (non-hydrogen) atoms. The van der Waals surface area contributed by atoms with Gasteiger partial charge in [-0.15, -0.1) is 0 Å². The van der Waals surface area contributed by atoms with Crippen LogP contribution in [0.5, 0.6) is 5.75 Å². The second-order valence-corrected chi connectivity index (χ2v) is 11.3. The van der Waals surface area contributed by atoms with E-state index in [0.29, 0.717) is 22.4 Å². The molecule has 1 aliphatic carbocycles. The molecule has 3 atom stereocenters. The van der Waals surface area contributed by atoms with Crippen LogP contribution < -0.4 is 9.64 Å². The molecular formula is C34H24BrNO4. The Morgan fingerprint density at radius 3 is 2.15 bits per heavy atom. The van der Waals surface area contributed by atoms with Crippen LogP contribution in [0.15, 0.2) is 108 Å². The number of fused-ring (bicyclic) bond motifs is 5. The second kappa shape index (κ2) is 9.14. The Labute approximate surface area is 240 Å². The maximum atomic E-state index is 14.6. The van der Waals surface area contributed by atoms with Gasteiger partial charge in [0.2, 0.25) is 0 Å². The molecule has 0 aromatic heterocycles. The molecule has 1 spiro atoms. The van der Waals surface area contributed by atoms with Gasteiger partial charge >= 0.3 is 0 Å². The second-order valence-electron chi connectivity index (χ2n) is 10.4. The van der Waals surface area contributed by atoms with E-state index >= 15 is 0 Å². The Balaban J connectivity index is 1.54. The van der Waals surface area contributed by atoms with Crippen molar-refractivity contribution in [3.8, 4) is 5.75 Å². The van der Waals surface area contributed by atoms with E-state index in [4.69, 9.17) is 4.74 Å². The van der Waals surface area contributed by atoms with Gasteiger partial charge in [0.15, 0.2) is 17.3 Å². The quantitative estimate of drug-likeness (QED) is 0.194. The highest BCUT2D eigenvalue weighted by Gasteiger charge is 2.71. The van der Waals surface area contributed by atoms with Gasteiger partial charge in [-0.25, -0.2) is 0 Å². The average Bonchev–Trinajstić information content (AvgIpc) is 3.43. The predicted molar refractivity (Wildman–Crippen MR) is 157 cm³/mol. The SMILES string of the molecule is COc1ccc([C@@H]2[C@@H](C(=O)c3ccccc3)N3c4ccc(Br)cc4C=C[C@H]3C23C(=O)c2ccccc2C3=O)cc1. The van der Waals surface area contributed by atoms with E-state index in [-0.39, 0.29) is 17.3 Å². The number of hydrogen-bond acceptors (Lipinski definition) is 5. The molecule has 0 amide bonds. The maximum absolute atomic E-state index is 14.6. The molecule has 196 valence electrons. The summed E-state index contributed by atoms with van der Waals surface area (Å²) in [6.45, 7) is 0. The first-order chi connectivity index (χ1) is 19.5. The normalized spacial score (nSPS) is 21.8. The zero-order chi connectivity index (χ0) is 27.6. The Morgan fingerprint density at radius 2 is 1.50 bits per heavy atom. The molecule has 0 bridgehead atoms. The molecule has 4 aromatic carbocycles. The summed E-state index contributed by atoms with van der Waals surface area (Å²) in [4.78, 5) is 45.9. The van der Waals surface area contributed by atoms with E-state index in [9.17, 15) is 14.4 Å². The van der Waals surface area contributed by atoms with Crippen molar-refractivity contribution in [2.24, 2.45) is 5.41 Å². The number of carbonyl (C=O) groups excluding carboxylic acids is 3. The molecule has 2 aliphatic heterocycles. The lowest BCUT2D eigenvalue weighted by atomic mass is 9.64. The summed E-state index contributed by atoms with van der Waals surface area (Å²) in [5.74, 6) is -0.705. The lowest BCUT2D eigenvalue weighted by Crippen LogP contribution is -2.48. The van der Waals surface area contributed by atoms with E-state index in [0.717, 1.165) is 21.3 Å². The van der Waals surface area contributed by atoms with E-state index in [2.05, 4.69) is 15.9 Å². The summed E-state index contributed by atoms with van der Waals surface area (Å²) in [7, 11) is 1.59. The van der Waals surface area contributed by atoms with Gasteiger partial charge < -0.3 is 9.64 Å². The van der Waals surface area contributed by atoms with Gasteiger partial charge in [-0.05, 0) is 41.5 Å². The number of rotatable bonds is 4. The molecule has 7 rings (SSSR count). The highest BCUT2D eigenvalue weighted by molar-refractivity contribution is 9.10. The van der Waals surface area contributed by atoms with Crippen LogP contribution in [0.25, 0.3) is 6.08 Å². The van der Waals surface area contributed by atoms with E-state index in [1.165, 1.54) is 0 Å². The zero-order valence-corrected chi connectivity index (χ0v) is 23.2. The van der Waals surface area contributed by atoms with Gasteiger partial charge in [0.1, 0.15) is 17.2 Å². The number of benzene rings is 4. The molecule has 0 saturated carbocycles. The molecule has 3 aliphatic rings. The first-order valence-electron chi connectivity index (χ1n) is 13.1. The van der Waals surface area contributed by atoms with Gasteiger partial charge in [0.25, 0.3) is 0 Å². The van der Waals surface area contributed by atoms with Crippen LogP contribution in [0.3, 0.4) is 0 Å². The Morgan fingerprint density at radius 1 is 0.850 bits per heavy atom. The molecule has 5 nitrogen and oxygen atoms in total. The minimum Gasteiger partial charge on any atom is -0.497 e. The summed E-state index contributed by atoms with van der Waals surface area (Å²) in [5.41, 5.74) is 2.31. The molecule has 0 unspecified atom stereocenters. The van der Waals surface area contributed by atoms with Crippen LogP contribution in [0.1, 0.15) is 48.1 Å². The van der Waals surface area contributed by atoms with Crippen LogP contribution in [-0.2, 0) is 0 Å². The molecule has 1 fully saturated rings. The van der Waals surface area contributed by atoms with Crippen molar-refractivity contribution >= 4 is 45.0 Å². The van der Waals surface area contributed by atoms with E-state index in [1.54, 1.807) is 43.5 Å². The topological polar surface area (TPSA) is 63.7 Å². The number of ketones is 3. The van der Waals surface area contributed by atoms with Gasteiger partial charge in [-0.2, -0.15) is 0 Å². The Kier molecular flexibility index (Phi) is 5.65. The monoisotopic (exact) mass is 589 g/mol. The van der Waals surface area contributed by atoms with Gasteiger partial charge in [-0.1, -0.05) is 94.8 Å². The Bertz CT molecular complexity index is 1690. The van der Waals surface area contributed by atoms with Crippen molar-refractivity contribution < 1.29 is 19.1 Å². The Hall–Kier alpha value is -4.29. The molecule has 4 aromatic rings. The summed E-state index contributed by atoms with van der Waals surface area (Å²) >= 11 is 3.56. The maximum Gasteiger partial charge on any atom is 0.185 e. The van der Waals surface area contributed by atoms with Crippen molar-refractivity contribution in [3.05, 3.63) is 135 Å². The lowest BCUT2D eigenvalue weighted by molar-refractivity contribution is 0.0666. The number of nitrogens with zero attached hydrogens (tertiary/aromatic N) is 1. The van der Waals surface area contributed by atoms with Crippen LogP contribution in [0, 0.1) is 5.41 Å². The molecule has 0 radical (unpaired) electrons. The molecule has 1 saturated heterocycles. The van der Waals surface area contributed by atoms with Crippen LogP contribution >= 0.6 is 15.9 Å². The van der Waals surface area contributed by atoms with E-state index < -0.39 is 23.4 Å². The summed E-state index contributed by atoms with van der Waals surface area (Å²) in [5, 5.41) is 0. The zero-order valence-electron chi connectivity index (χ0n) is 21.6. The third kappa shape index (κ3) is 3.29. The van der Waals surface area contributed by atoms with Crippen molar-refractivity contribution in [1.82, 2.24) is 0 Å². The third-order valence-corrected chi connectivity index (χ3v) is 9.06. The van der Waals surface area contributed by atoms with Crippen molar-refractivity contribution in [3.63, 3.8) is 0 Å². The highest BCUT2D eigenvalue weighted by Crippen LogP contribution is 2.61.